The molecule has 0 unspecified atom stereocenters. The van der Waals surface area contributed by atoms with Crippen molar-refractivity contribution in [1.82, 2.24) is 0 Å². The zero-order chi connectivity index (χ0) is 9.68. The molecule has 0 spiro atoms. The van der Waals surface area contributed by atoms with E-state index in [1.165, 1.54) is 12.5 Å². The maximum Gasteiger partial charge on any atom is 0.307 e. The van der Waals surface area contributed by atoms with Crippen LogP contribution < -0.4 is 5.73 Å². The molecule has 72 valence electrons. The van der Waals surface area contributed by atoms with Gasteiger partial charge in [0.15, 0.2) is 0 Å². The fraction of sp³-hybridized carbons (Fsp3) is 0.444. The van der Waals surface area contributed by atoms with Crippen LogP contribution in [0.4, 0.5) is 0 Å². The van der Waals surface area contributed by atoms with Crippen molar-refractivity contribution in [3.05, 3.63) is 24.2 Å². The number of hydrogen-bond donors (Lipinski definition) is 1. The minimum absolute atomic E-state index is 0.188. The number of nitrogens with two attached hydrogens (primary N) is 1. The second-order valence-corrected chi connectivity index (χ2v) is 2.67. The number of hydrogen-bond acceptors (Lipinski definition) is 4. The van der Waals surface area contributed by atoms with Crippen LogP contribution in [0.15, 0.2) is 23.0 Å². The summed E-state index contributed by atoms with van der Waals surface area (Å²) in [4.78, 5) is 11.0. The Kier molecular flexibility index (Phi) is 3.52. The number of rotatable bonds is 4. The molecule has 4 nitrogen and oxygen atoms in total. The zero-order valence-electron chi connectivity index (χ0n) is 7.53. The van der Waals surface area contributed by atoms with Gasteiger partial charge in [0, 0.05) is 11.6 Å². The van der Waals surface area contributed by atoms with E-state index in [4.69, 9.17) is 14.9 Å². The van der Waals surface area contributed by atoms with Gasteiger partial charge in [0.05, 0.1) is 25.6 Å². The summed E-state index contributed by atoms with van der Waals surface area (Å²) >= 11 is 0. The standard InChI is InChI=1S/C9H13NO3/c1-2-13-9(11)5-8(10)7-3-4-12-6-7/h3-4,6,8H,2,5,10H2,1H3/t8-/m0/s1. The lowest BCUT2D eigenvalue weighted by molar-refractivity contribution is -0.143. The third kappa shape index (κ3) is 2.91. The predicted molar refractivity (Wildman–Crippen MR) is 46.9 cm³/mol. The Morgan fingerprint density at radius 3 is 3.08 bits per heavy atom. The molecular formula is C9H13NO3. The Bertz CT molecular complexity index is 256. The summed E-state index contributed by atoms with van der Waals surface area (Å²) in [5, 5.41) is 0. The van der Waals surface area contributed by atoms with Gasteiger partial charge in [-0.2, -0.15) is 0 Å². The van der Waals surface area contributed by atoms with Crippen molar-refractivity contribution in [2.24, 2.45) is 5.73 Å². The lowest BCUT2D eigenvalue weighted by Crippen LogP contribution is -2.16. The van der Waals surface area contributed by atoms with E-state index in [1.54, 1.807) is 13.0 Å². The monoisotopic (exact) mass is 183 g/mol. The molecule has 0 amide bonds. The highest BCUT2D eigenvalue weighted by Crippen LogP contribution is 2.14. The molecule has 1 aromatic heterocycles. The van der Waals surface area contributed by atoms with Crippen molar-refractivity contribution in [1.29, 1.82) is 0 Å². The van der Waals surface area contributed by atoms with Gasteiger partial charge >= 0.3 is 5.97 Å². The molecule has 0 aliphatic rings. The van der Waals surface area contributed by atoms with E-state index in [2.05, 4.69) is 0 Å². The molecule has 1 heterocycles. The molecule has 1 atom stereocenters. The summed E-state index contributed by atoms with van der Waals surface area (Å²) < 4.78 is 9.61. The predicted octanol–water partition coefficient (Wildman–Crippen LogP) is 1.23. The highest BCUT2D eigenvalue weighted by molar-refractivity contribution is 5.70. The summed E-state index contributed by atoms with van der Waals surface area (Å²) in [7, 11) is 0. The Morgan fingerprint density at radius 2 is 2.54 bits per heavy atom. The van der Waals surface area contributed by atoms with E-state index < -0.39 is 0 Å². The molecule has 1 rings (SSSR count). The van der Waals surface area contributed by atoms with Crippen LogP contribution in [-0.2, 0) is 9.53 Å². The molecule has 0 aromatic carbocycles. The molecule has 0 bridgehead atoms. The summed E-state index contributed by atoms with van der Waals surface area (Å²) in [5.41, 5.74) is 6.52. The van der Waals surface area contributed by atoms with Crippen molar-refractivity contribution in [3.8, 4) is 0 Å². The van der Waals surface area contributed by atoms with E-state index in [-0.39, 0.29) is 18.4 Å². The summed E-state index contributed by atoms with van der Waals surface area (Å²) in [6.07, 6.45) is 3.25. The molecule has 13 heavy (non-hydrogen) atoms. The van der Waals surface area contributed by atoms with E-state index in [9.17, 15) is 4.79 Å². The van der Waals surface area contributed by atoms with Gasteiger partial charge in [0.2, 0.25) is 0 Å². The maximum absolute atomic E-state index is 11.0. The van der Waals surface area contributed by atoms with Crippen LogP contribution >= 0.6 is 0 Å². The topological polar surface area (TPSA) is 65.5 Å². The number of carbonyl (C=O) groups excluding carboxylic acids is 1. The number of furan rings is 1. The fourth-order valence-corrected chi connectivity index (χ4v) is 1.00. The number of ether oxygens (including phenoxy) is 1. The van der Waals surface area contributed by atoms with Gasteiger partial charge in [-0.1, -0.05) is 0 Å². The Labute approximate surface area is 76.7 Å². The largest absolute Gasteiger partial charge is 0.472 e. The van der Waals surface area contributed by atoms with Crippen LogP contribution in [0.5, 0.6) is 0 Å². The zero-order valence-corrected chi connectivity index (χ0v) is 7.53. The molecule has 2 N–H and O–H groups in total. The third-order valence-corrected chi connectivity index (χ3v) is 1.66. The van der Waals surface area contributed by atoms with Crippen molar-refractivity contribution < 1.29 is 13.9 Å². The minimum Gasteiger partial charge on any atom is -0.472 e. The lowest BCUT2D eigenvalue weighted by atomic mass is 10.1. The van der Waals surface area contributed by atoms with E-state index >= 15 is 0 Å². The van der Waals surface area contributed by atoms with Crippen molar-refractivity contribution in [2.45, 2.75) is 19.4 Å². The molecule has 1 aromatic rings. The van der Waals surface area contributed by atoms with Gasteiger partial charge in [-0.15, -0.1) is 0 Å². The summed E-state index contributed by atoms with van der Waals surface area (Å²) in [6.45, 7) is 2.15. The van der Waals surface area contributed by atoms with Crippen LogP contribution in [0.1, 0.15) is 24.9 Å². The second-order valence-electron chi connectivity index (χ2n) is 2.67. The molecule has 0 saturated heterocycles. The molecular weight excluding hydrogens is 170 g/mol. The first-order valence-electron chi connectivity index (χ1n) is 4.17. The molecule has 0 radical (unpaired) electrons. The smallest absolute Gasteiger partial charge is 0.307 e. The average molecular weight is 183 g/mol. The Morgan fingerprint density at radius 1 is 1.77 bits per heavy atom. The first-order chi connectivity index (χ1) is 6.24. The van der Waals surface area contributed by atoms with Crippen LogP contribution in [-0.4, -0.2) is 12.6 Å². The lowest BCUT2D eigenvalue weighted by Gasteiger charge is -2.07. The average Bonchev–Trinajstić information content (AvgIpc) is 2.55. The highest BCUT2D eigenvalue weighted by Gasteiger charge is 2.12. The van der Waals surface area contributed by atoms with E-state index in [1.807, 2.05) is 0 Å². The summed E-state index contributed by atoms with van der Waals surface area (Å²) in [6, 6.07) is 1.40. The van der Waals surface area contributed by atoms with Gasteiger partial charge < -0.3 is 14.9 Å². The first kappa shape index (κ1) is 9.80. The molecule has 0 fully saturated rings. The van der Waals surface area contributed by atoms with E-state index in [0.717, 1.165) is 5.56 Å². The van der Waals surface area contributed by atoms with Gasteiger partial charge in [-0.05, 0) is 13.0 Å². The van der Waals surface area contributed by atoms with Gasteiger partial charge in [0.1, 0.15) is 0 Å². The van der Waals surface area contributed by atoms with Gasteiger partial charge in [-0.3, -0.25) is 4.79 Å². The molecule has 0 aliphatic heterocycles. The normalized spacial score (nSPS) is 12.5. The van der Waals surface area contributed by atoms with Crippen LogP contribution in [0.3, 0.4) is 0 Å². The SMILES string of the molecule is CCOC(=O)C[C@H](N)c1ccoc1. The van der Waals surface area contributed by atoms with Crippen LogP contribution in [0.2, 0.25) is 0 Å². The van der Waals surface area contributed by atoms with Crippen LogP contribution in [0, 0.1) is 0 Å². The third-order valence-electron chi connectivity index (χ3n) is 1.66. The first-order valence-corrected chi connectivity index (χ1v) is 4.17. The van der Waals surface area contributed by atoms with Gasteiger partial charge in [0.25, 0.3) is 0 Å². The van der Waals surface area contributed by atoms with Gasteiger partial charge in [-0.25, -0.2) is 0 Å². The molecule has 0 aliphatic carbocycles. The van der Waals surface area contributed by atoms with E-state index in [0.29, 0.717) is 6.61 Å². The Hall–Kier alpha value is -1.29. The van der Waals surface area contributed by atoms with Crippen molar-refractivity contribution in [3.63, 3.8) is 0 Å². The Balaban J connectivity index is 2.42. The van der Waals surface area contributed by atoms with Crippen molar-refractivity contribution in [2.75, 3.05) is 6.61 Å². The minimum atomic E-state index is -0.335. The number of carbonyl (C=O) groups is 1. The quantitative estimate of drug-likeness (QED) is 0.713. The maximum atomic E-state index is 11.0. The molecule has 0 saturated carbocycles. The fourth-order valence-electron chi connectivity index (χ4n) is 1.00. The van der Waals surface area contributed by atoms with Crippen molar-refractivity contribution >= 4 is 5.97 Å². The van der Waals surface area contributed by atoms with Crippen LogP contribution in [0.25, 0.3) is 0 Å². The molecule has 4 heteroatoms. The second kappa shape index (κ2) is 4.67. The number of esters is 1. The summed E-state index contributed by atoms with van der Waals surface area (Å²) in [5.74, 6) is -0.281. The highest BCUT2D eigenvalue weighted by atomic mass is 16.5.